The van der Waals surface area contributed by atoms with Gasteiger partial charge in [-0.15, -0.1) is 0 Å². The summed E-state index contributed by atoms with van der Waals surface area (Å²) in [7, 11) is 0. The zero-order chi connectivity index (χ0) is 12.8. The average Bonchev–Trinajstić information content (AvgIpc) is 2.55. The largest absolute Gasteiger partial charge is 0.277 e. The molecule has 92 valence electrons. The van der Waals surface area contributed by atoms with Crippen molar-refractivity contribution in [3.05, 3.63) is 28.4 Å². The van der Waals surface area contributed by atoms with Gasteiger partial charge in [-0.2, -0.15) is 0 Å². The van der Waals surface area contributed by atoms with Crippen LogP contribution in [-0.2, 0) is 5.41 Å². The van der Waals surface area contributed by atoms with E-state index < -0.39 is 4.84 Å². The predicted octanol–water partition coefficient (Wildman–Crippen LogP) is 4.27. The van der Waals surface area contributed by atoms with E-state index >= 15 is 0 Å². The van der Waals surface area contributed by atoms with E-state index in [9.17, 15) is 0 Å². The minimum Gasteiger partial charge on any atom is -0.277 e. The van der Waals surface area contributed by atoms with Crippen LogP contribution in [0.4, 0.5) is 0 Å². The molecular formula is C11H12BrCl2N3. The van der Waals surface area contributed by atoms with Crippen LogP contribution >= 0.6 is 39.1 Å². The summed E-state index contributed by atoms with van der Waals surface area (Å²) in [5, 5.41) is 0. The van der Waals surface area contributed by atoms with Crippen molar-refractivity contribution < 1.29 is 0 Å². The Morgan fingerprint density at radius 1 is 1.35 bits per heavy atom. The number of imidazole rings is 1. The Bertz CT molecular complexity index is 558. The van der Waals surface area contributed by atoms with E-state index in [1.165, 1.54) is 0 Å². The van der Waals surface area contributed by atoms with E-state index in [4.69, 9.17) is 23.2 Å². The van der Waals surface area contributed by atoms with Crippen molar-refractivity contribution in [2.45, 2.75) is 31.0 Å². The number of hydrogen-bond acceptors (Lipinski definition) is 2. The van der Waals surface area contributed by atoms with Gasteiger partial charge in [-0.25, -0.2) is 9.97 Å². The molecule has 3 nitrogen and oxygen atoms in total. The SMILES string of the molecule is CC(C)(C)c1nc2cc(C(Cl)Cl)ncn2c1Br. The van der Waals surface area contributed by atoms with E-state index in [1.54, 1.807) is 12.4 Å². The zero-order valence-electron chi connectivity index (χ0n) is 9.71. The number of hydrogen-bond donors (Lipinski definition) is 0. The van der Waals surface area contributed by atoms with E-state index in [0.29, 0.717) is 5.69 Å². The molecule has 2 aromatic heterocycles. The fourth-order valence-electron chi connectivity index (χ4n) is 1.53. The van der Waals surface area contributed by atoms with Crippen molar-refractivity contribution in [3.63, 3.8) is 0 Å². The van der Waals surface area contributed by atoms with Crippen molar-refractivity contribution in [2.24, 2.45) is 0 Å². The third kappa shape index (κ3) is 2.44. The molecule has 6 heteroatoms. The molecule has 0 unspecified atom stereocenters. The Kier molecular flexibility index (Phi) is 3.40. The normalized spacial score (nSPS) is 12.6. The lowest BCUT2D eigenvalue weighted by atomic mass is 9.93. The molecule has 0 N–H and O–H groups in total. The molecule has 0 aliphatic rings. The fraction of sp³-hybridized carbons (Fsp3) is 0.455. The summed E-state index contributed by atoms with van der Waals surface area (Å²) in [6.07, 6.45) is 1.68. The van der Waals surface area contributed by atoms with Crippen LogP contribution in [-0.4, -0.2) is 14.4 Å². The molecule has 0 saturated carbocycles. The van der Waals surface area contributed by atoms with Crippen molar-refractivity contribution in [1.82, 2.24) is 14.4 Å². The van der Waals surface area contributed by atoms with Crippen LogP contribution in [0.3, 0.4) is 0 Å². The van der Waals surface area contributed by atoms with Gasteiger partial charge < -0.3 is 0 Å². The van der Waals surface area contributed by atoms with Crippen LogP contribution in [0.25, 0.3) is 5.65 Å². The lowest BCUT2D eigenvalue weighted by molar-refractivity contribution is 0.569. The maximum absolute atomic E-state index is 5.79. The molecule has 0 atom stereocenters. The molecule has 0 saturated heterocycles. The summed E-state index contributed by atoms with van der Waals surface area (Å²) in [4.78, 5) is 8.15. The highest BCUT2D eigenvalue weighted by molar-refractivity contribution is 9.10. The van der Waals surface area contributed by atoms with Gasteiger partial charge in [0.2, 0.25) is 0 Å². The quantitative estimate of drug-likeness (QED) is 0.728. The first kappa shape index (κ1) is 13.1. The molecule has 0 aromatic carbocycles. The van der Waals surface area contributed by atoms with Gasteiger partial charge in [0, 0.05) is 11.5 Å². The molecule has 0 aliphatic carbocycles. The van der Waals surface area contributed by atoms with Crippen LogP contribution in [0.15, 0.2) is 17.0 Å². The summed E-state index contributed by atoms with van der Waals surface area (Å²) in [6, 6.07) is 1.80. The van der Waals surface area contributed by atoms with Gasteiger partial charge >= 0.3 is 0 Å². The molecule has 0 fully saturated rings. The standard InChI is InChI=1S/C11H12BrCl2N3/c1-11(2,3)8-9(12)17-5-15-6(10(13)14)4-7(17)16-8/h4-5,10H,1-3H3. The first-order valence-corrected chi connectivity index (χ1v) is 6.79. The van der Waals surface area contributed by atoms with Crippen LogP contribution in [0, 0.1) is 0 Å². The van der Waals surface area contributed by atoms with Gasteiger partial charge in [0.25, 0.3) is 0 Å². The predicted molar refractivity (Wildman–Crippen MR) is 73.8 cm³/mol. The van der Waals surface area contributed by atoms with Crippen LogP contribution in [0.1, 0.15) is 37.0 Å². The second-order valence-electron chi connectivity index (χ2n) is 4.84. The van der Waals surface area contributed by atoms with Gasteiger partial charge in [0.1, 0.15) is 21.4 Å². The topological polar surface area (TPSA) is 30.2 Å². The molecule has 0 spiro atoms. The number of halogens is 3. The maximum atomic E-state index is 5.79. The molecule has 2 aromatic rings. The fourth-order valence-corrected chi connectivity index (χ4v) is 2.73. The molecule has 0 amide bonds. The van der Waals surface area contributed by atoms with Crippen molar-refractivity contribution in [2.75, 3.05) is 0 Å². The molecule has 0 aliphatic heterocycles. The van der Waals surface area contributed by atoms with Crippen LogP contribution in [0.5, 0.6) is 0 Å². The van der Waals surface area contributed by atoms with E-state index in [0.717, 1.165) is 15.9 Å². The van der Waals surface area contributed by atoms with Gasteiger partial charge in [-0.3, -0.25) is 4.40 Å². The van der Waals surface area contributed by atoms with E-state index in [-0.39, 0.29) is 5.41 Å². The Labute approximate surface area is 118 Å². The van der Waals surface area contributed by atoms with Crippen molar-refractivity contribution >= 4 is 44.8 Å². The third-order valence-electron chi connectivity index (χ3n) is 2.41. The van der Waals surface area contributed by atoms with Crippen molar-refractivity contribution in [3.8, 4) is 0 Å². The summed E-state index contributed by atoms with van der Waals surface area (Å²) >= 11 is 15.1. The Hall–Kier alpha value is -0.320. The summed E-state index contributed by atoms with van der Waals surface area (Å²) < 4.78 is 2.79. The number of fused-ring (bicyclic) bond motifs is 1. The van der Waals surface area contributed by atoms with Gasteiger partial charge in [-0.05, 0) is 15.9 Å². The van der Waals surface area contributed by atoms with Gasteiger partial charge in [-0.1, -0.05) is 44.0 Å². The van der Waals surface area contributed by atoms with E-state index in [1.807, 2.05) is 4.40 Å². The molecule has 0 radical (unpaired) electrons. The van der Waals surface area contributed by atoms with Crippen molar-refractivity contribution in [1.29, 1.82) is 0 Å². The monoisotopic (exact) mass is 335 g/mol. The number of aromatic nitrogens is 3. The zero-order valence-corrected chi connectivity index (χ0v) is 12.8. The molecule has 17 heavy (non-hydrogen) atoms. The highest BCUT2D eigenvalue weighted by Crippen LogP contribution is 2.31. The number of rotatable bonds is 1. The molecular weight excluding hydrogens is 325 g/mol. The summed E-state index contributed by atoms with van der Waals surface area (Å²) in [5.41, 5.74) is 2.35. The highest BCUT2D eigenvalue weighted by atomic mass is 79.9. The van der Waals surface area contributed by atoms with Crippen LogP contribution in [0.2, 0.25) is 0 Å². The number of alkyl halides is 2. The first-order chi connectivity index (χ1) is 7.80. The van der Waals surface area contributed by atoms with Crippen LogP contribution < -0.4 is 0 Å². The first-order valence-electron chi connectivity index (χ1n) is 5.13. The van der Waals surface area contributed by atoms with E-state index in [2.05, 4.69) is 46.7 Å². The third-order valence-corrected chi connectivity index (χ3v) is 3.62. The summed E-state index contributed by atoms with van der Waals surface area (Å²) in [5.74, 6) is 0. The highest BCUT2D eigenvalue weighted by Gasteiger charge is 2.23. The van der Waals surface area contributed by atoms with Gasteiger partial charge in [0.05, 0.1) is 11.4 Å². The second kappa shape index (κ2) is 4.41. The Morgan fingerprint density at radius 3 is 2.53 bits per heavy atom. The Morgan fingerprint density at radius 2 is 2.00 bits per heavy atom. The molecule has 2 rings (SSSR count). The average molecular weight is 337 g/mol. The van der Waals surface area contributed by atoms with Gasteiger partial charge in [0.15, 0.2) is 0 Å². The minimum absolute atomic E-state index is 0.0354. The second-order valence-corrected chi connectivity index (χ2v) is 6.69. The molecule has 0 bridgehead atoms. The Balaban J connectivity index is 2.66. The molecule has 2 heterocycles. The maximum Gasteiger partial charge on any atom is 0.149 e. The lowest BCUT2D eigenvalue weighted by Crippen LogP contribution is -2.12. The number of nitrogens with zero attached hydrogens (tertiary/aromatic N) is 3. The summed E-state index contributed by atoms with van der Waals surface area (Å²) in [6.45, 7) is 6.33. The minimum atomic E-state index is -0.631. The smallest absolute Gasteiger partial charge is 0.149 e. The lowest BCUT2D eigenvalue weighted by Gasteiger charge is -2.15.